The molecule has 3 aliphatic heterocycles. The predicted molar refractivity (Wildman–Crippen MR) is 90.2 cm³/mol. The van der Waals surface area contributed by atoms with Crippen LogP contribution in [0.3, 0.4) is 0 Å². The third-order valence-corrected chi connectivity index (χ3v) is 4.74. The summed E-state index contributed by atoms with van der Waals surface area (Å²) in [7, 11) is 0. The number of nitrogens with one attached hydrogen (secondary N) is 2. The molecule has 26 heavy (non-hydrogen) atoms. The minimum Gasteiger partial charge on any atom is -0.496 e. The fourth-order valence-electron chi connectivity index (χ4n) is 3.37. The van der Waals surface area contributed by atoms with Crippen molar-refractivity contribution in [2.24, 2.45) is 0 Å². The lowest BCUT2D eigenvalue weighted by molar-refractivity contribution is -0.136. The molecule has 2 N–H and O–H groups in total. The maximum atomic E-state index is 12.7. The summed E-state index contributed by atoms with van der Waals surface area (Å²) in [4.78, 5) is 49.6. The van der Waals surface area contributed by atoms with Crippen LogP contribution in [0.2, 0.25) is 0 Å². The fraction of sp³-hybridized carbons (Fsp3) is 0.333. The van der Waals surface area contributed by atoms with E-state index in [4.69, 9.17) is 4.74 Å². The second-order valence-corrected chi connectivity index (χ2v) is 6.45. The van der Waals surface area contributed by atoms with Gasteiger partial charge in [0.1, 0.15) is 12.1 Å². The van der Waals surface area contributed by atoms with Crippen molar-refractivity contribution in [3.63, 3.8) is 0 Å². The van der Waals surface area contributed by atoms with Gasteiger partial charge in [0.15, 0.2) is 0 Å². The monoisotopic (exact) mass is 355 g/mol. The van der Waals surface area contributed by atoms with Crippen LogP contribution in [0.25, 0.3) is 0 Å². The zero-order chi connectivity index (χ0) is 18.3. The van der Waals surface area contributed by atoms with Crippen molar-refractivity contribution in [3.05, 3.63) is 41.7 Å². The van der Waals surface area contributed by atoms with Gasteiger partial charge in [0.25, 0.3) is 11.8 Å². The molecule has 0 aromatic heterocycles. The lowest BCUT2D eigenvalue weighted by Gasteiger charge is -2.27. The number of piperidine rings is 1. The molecule has 4 rings (SSSR count). The molecule has 2 atom stereocenters. The first-order chi connectivity index (χ1) is 12.5. The first-order valence-electron chi connectivity index (χ1n) is 8.44. The number of amides is 4. The molecule has 0 saturated carbocycles. The Labute approximate surface area is 149 Å². The minimum absolute atomic E-state index is 0.0422. The van der Waals surface area contributed by atoms with Gasteiger partial charge in [-0.05, 0) is 30.7 Å². The number of imide groups is 2. The zero-order valence-corrected chi connectivity index (χ0v) is 13.9. The molecule has 1 aromatic carbocycles. The highest BCUT2D eigenvalue weighted by Gasteiger charge is 2.44. The van der Waals surface area contributed by atoms with Crippen molar-refractivity contribution in [2.75, 3.05) is 11.9 Å². The topological polar surface area (TPSA) is 105 Å². The van der Waals surface area contributed by atoms with Crippen LogP contribution in [-0.4, -0.2) is 47.2 Å². The molecular formula is C18H17N3O5. The van der Waals surface area contributed by atoms with Crippen molar-refractivity contribution in [2.45, 2.75) is 31.4 Å². The predicted octanol–water partition coefficient (Wildman–Crippen LogP) is 0.802. The van der Waals surface area contributed by atoms with Crippen molar-refractivity contribution >= 4 is 29.3 Å². The van der Waals surface area contributed by atoms with Crippen molar-refractivity contribution in [1.29, 1.82) is 0 Å². The van der Waals surface area contributed by atoms with E-state index >= 15 is 0 Å². The van der Waals surface area contributed by atoms with Crippen LogP contribution < -0.4 is 10.6 Å². The highest BCUT2D eigenvalue weighted by Crippen LogP contribution is 2.29. The highest BCUT2D eigenvalue weighted by atomic mass is 16.5. The summed E-state index contributed by atoms with van der Waals surface area (Å²) >= 11 is 0. The number of hydrogen-bond donors (Lipinski definition) is 2. The van der Waals surface area contributed by atoms with Crippen LogP contribution in [0.4, 0.5) is 5.69 Å². The number of fused-ring (bicyclic) bond motifs is 1. The number of rotatable bonds is 4. The summed E-state index contributed by atoms with van der Waals surface area (Å²) in [6.45, 7) is 0.574. The first-order valence-corrected chi connectivity index (χ1v) is 8.44. The summed E-state index contributed by atoms with van der Waals surface area (Å²) in [5.41, 5.74) is 1.23. The van der Waals surface area contributed by atoms with Gasteiger partial charge >= 0.3 is 0 Å². The Kier molecular flexibility index (Phi) is 3.95. The Hall–Kier alpha value is -3.16. The molecule has 8 heteroatoms. The third-order valence-electron chi connectivity index (χ3n) is 4.74. The SMILES string of the molecule is O=C1CCC(N2C(=O)c3ccc(NCC4CC=CO4)cc3C2=O)C(=O)N1. The van der Waals surface area contributed by atoms with E-state index in [1.165, 1.54) is 0 Å². The molecule has 0 aliphatic carbocycles. The number of hydrogen-bond acceptors (Lipinski definition) is 6. The fourth-order valence-corrected chi connectivity index (χ4v) is 3.37. The second-order valence-electron chi connectivity index (χ2n) is 6.45. The van der Waals surface area contributed by atoms with E-state index in [-0.39, 0.29) is 30.1 Å². The largest absolute Gasteiger partial charge is 0.496 e. The van der Waals surface area contributed by atoms with Gasteiger partial charge < -0.3 is 10.1 Å². The van der Waals surface area contributed by atoms with Crippen LogP contribution >= 0.6 is 0 Å². The molecule has 2 unspecified atom stereocenters. The third kappa shape index (κ3) is 2.73. The molecule has 1 saturated heterocycles. The van der Waals surface area contributed by atoms with E-state index in [9.17, 15) is 19.2 Å². The summed E-state index contributed by atoms with van der Waals surface area (Å²) in [6.07, 6.45) is 4.71. The van der Waals surface area contributed by atoms with Crippen LogP contribution in [0.5, 0.6) is 0 Å². The summed E-state index contributed by atoms with van der Waals surface area (Å²) in [5, 5.41) is 5.37. The normalized spacial score (nSPS) is 24.5. The van der Waals surface area contributed by atoms with Gasteiger partial charge in [0.2, 0.25) is 11.8 Å². The van der Waals surface area contributed by atoms with Gasteiger partial charge in [0, 0.05) is 18.5 Å². The number of carbonyl (C=O) groups is 4. The van der Waals surface area contributed by atoms with Crippen LogP contribution in [0.1, 0.15) is 40.0 Å². The van der Waals surface area contributed by atoms with E-state index in [1.807, 2.05) is 6.08 Å². The number of ether oxygens (including phenoxy) is 1. The number of carbonyl (C=O) groups excluding carboxylic acids is 4. The molecule has 134 valence electrons. The summed E-state index contributed by atoms with van der Waals surface area (Å²) in [6, 6.07) is 3.97. The zero-order valence-electron chi connectivity index (χ0n) is 13.9. The Bertz CT molecular complexity index is 839. The van der Waals surface area contributed by atoms with Crippen molar-refractivity contribution in [3.8, 4) is 0 Å². The molecule has 0 bridgehead atoms. The van der Waals surface area contributed by atoms with Gasteiger partial charge in [-0.3, -0.25) is 29.4 Å². The number of nitrogens with zero attached hydrogens (tertiary/aromatic N) is 1. The quantitative estimate of drug-likeness (QED) is 0.774. The van der Waals surface area contributed by atoms with Gasteiger partial charge in [0.05, 0.1) is 23.9 Å². The van der Waals surface area contributed by atoms with Crippen LogP contribution in [0.15, 0.2) is 30.5 Å². The maximum absolute atomic E-state index is 12.7. The first kappa shape index (κ1) is 16.3. The van der Waals surface area contributed by atoms with Crippen molar-refractivity contribution in [1.82, 2.24) is 10.2 Å². The molecule has 8 nitrogen and oxygen atoms in total. The van der Waals surface area contributed by atoms with Gasteiger partial charge in [-0.25, -0.2) is 0 Å². The Morgan fingerprint density at radius 2 is 1.96 bits per heavy atom. The van der Waals surface area contributed by atoms with Crippen LogP contribution in [-0.2, 0) is 14.3 Å². The van der Waals surface area contributed by atoms with Crippen molar-refractivity contribution < 1.29 is 23.9 Å². The molecular weight excluding hydrogens is 338 g/mol. The van der Waals surface area contributed by atoms with E-state index in [1.54, 1.807) is 24.5 Å². The Morgan fingerprint density at radius 3 is 2.69 bits per heavy atom. The lowest BCUT2D eigenvalue weighted by atomic mass is 10.0. The standard InChI is InChI=1S/C18H17N3O5/c22-15-6-5-14(16(23)20-15)21-17(24)12-4-3-10(8-13(12)18(21)25)19-9-11-2-1-7-26-11/h1,3-4,7-8,11,14,19H,2,5-6,9H2,(H,20,22,23). The molecule has 1 fully saturated rings. The second kappa shape index (κ2) is 6.29. The summed E-state index contributed by atoms with van der Waals surface area (Å²) in [5.74, 6) is -2.02. The van der Waals surface area contributed by atoms with E-state index < -0.39 is 29.7 Å². The lowest BCUT2D eigenvalue weighted by Crippen LogP contribution is -2.54. The minimum atomic E-state index is -0.950. The average Bonchev–Trinajstić information content (AvgIpc) is 3.22. The van der Waals surface area contributed by atoms with Gasteiger partial charge in [-0.2, -0.15) is 0 Å². The van der Waals surface area contributed by atoms with Gasteiger partial charge in [-0.1, -0.05) is 0 Å². The smallest absolute Gasteiger partial charge is 0.262 e. The molecule has 0 radical (unpaired) electrons. The molecule has 3 heterocycles. The average molecular weight is 355 g/mol. The Balaban J connectivity index is 1.52. The van der Waals surface area contributed by atoms with E-state index in [2.05, 4.69) is 10.6 Å². The van der Waals surface area contributed by atoms with E-state index in [0.717, 1.165) is 11.3 Å². The van der Waals surface area contributed by atoms with Gasteiger partial charge in [-0.15, -0.1) is 0 Å². The maximum Gasteiger partial charge on any atom is 0.262 e. The number of anilines is 1. The molecule has 4 amide bonds. The van der Waals surface area contributed by atoms with E-state index in [0.29, 0.717) is 12.2 Å². The summed E-state index contributed by atoms with van der Waals surface area (Å²) < 4.78 is 5.38. The van der Waals surface area contributed by atoms with Crippen LogP contribution in [0, 0.1) is 0 Å². The Morgan fingerprint density at radius 1 is 1.15 bits per heavy atom. The highest BCUT2D eigenvalue weighted by molar-refractivity contribution is 6.23. The number of benzene rings is 1. The molecule has 3 aliphatic rings. The molecule has 0 spiro atoms. The molecule has 1 aromatic rings.